The van der Waals surface area contributed by atoms with E-state index in [9.17, 15) is 0 Å². The number of hydrogen-bond acceptors (Lipinski definition) is 6. The van der Waals surface area contributed by atoms with Crippen molar-refractivity contribution in [3.05, 3.63) is 6.07 Å². The summed E-state index contributed by atoms with van der Waals surface area (Å²) >= 11 is 1.88. The molecule has 1 unspecified atom stereocenters. The van der Waals surface area contributed by atoms with Crippen LogP contribution in [0.25, 0.3) is 0 Å². The average Bonchev–Trinajstić information content (AvgIpc) is 2.77. The van der Waals surface area contributed by atoms with Crippen molar-refractivity contribution in [2.75, 3.05) is 41.6 Å². The lowest BCUT2D eigenvalue weighted by molar-refractivity contribution is 0.737. The van der Waals surface area contributed by atoms with E-state index in [4.69, 9.17) is 5.73 Å². The molecular weight excluding hydrogens is 234 g/mol. The normalized spacial score (nSPS) is 19.6. The lowest BCUT2D eigenvalue weighted by atomic mass is 10.2. The Morgan fingerprint density at radius 2 is 2.41 bits per heavy atom. The van der Waals surface area contributed by atoms with Gasteiger partial charge in [-0.1, -0.05) is 0 Å². The highest BCUT2D eigenvalue weighted by Crippen LogP contribution is 2.27. The van der Waals surface area contributed by atoms with Crippen LogP contribution in [0.4, 0.5) is 17.6 Å². The lowest BCUT2D eigenvalue weighted by Gasteiger charge is -2.25. The molecule has 0 aliphatic carbocycles. The first-order valence-corrected chi connectivity index (χ1v) is 7.22. The first-order chi connectivity index (χ1) is 8.24. The van der Waals surface area contributed by atoms with Crippen LogP contribution in [0.2, 0.25) is 0 Å². The van der Waals surface area contributed by atoms with Crippen molar-refractivity contribution in [2.45, 2.75) is 18.9 Å². The minimum atomic E-state index is 0.335. The molecule has 1 aliphatic heterocycles. The third-order valence-corrected chi connectivity index (χ3v) is 3.73. The van der Waals surface area contributed by atoms with Crippen LogP contribution >= 0.6 is 11.8 Å². The maximum absolute atomic E-state index is 5.73. The predicted molar refractivity (Wildman–Crippen MR) is 74.7 cm³/mol. The average molecular weight is 253 g/mol. The molecule has 6 heteroatoms. The fourth-order valence-corrected chi connectivity index (χ4v) is 2.96. The van der Waals surface area contributed by atoms with Gasteiger partial charge in [-0.2, -0.15) is 21.7 Å². The van der Waals surface area contributed by atoms with Gasteiger partial charge in [0.2, 0.25) is 5.95 Å². The molecule has 0 amide bonds. The highest BCUT2D eigenvalue weighted by molar-refractivity contribution is 7.98. The van der Waals surface area contributed by atoms with E-state index in [1.165, 1.54) is 12.8 Å². The molecule has 5 nitrogen and oxygen atoms in total. The summed E-state index contributed by atoms with van der Waals surface area (Å²) in [4.78, 5) is 10.8. The van der Waals surface area contributed by atoms with Gasteiger partial charge in [0, 0.05) is 31.5 Å². The molecular formula is C11H19N5S. The molecule has 1 fully saturated rings. The summed E-state index contributed by atoms with van der Waals surface area (Å²) in [6.45, 7) is 1.06. The van der Waals surface area contributed by atoms with Crippen LogP contribution in [0.5, 0.6) is 0 Å². The lowest BCUT2D eigenvalue weighted by Crippen LogP contribution is -2.32. The van der Waals surface area contributed by atoms with Crippen LogP contribution in [-0.4, -0.2) is 41.6 Å². The first kappa shape index (κ1) is 12.3. The second-order valence-corrected chi connectivity index (χ2v) is 5.08. The van der Waals surface area contributed by atoms with Gasteiger partial charge >= 0.3 is 0 Å². The molecule has 3 N–H and O–H groups in total. The summed E-state index contributed by atoms with van der Waals surface area (Å²) in [5.74, 6) is 3.20. The van der Waals surface area contributed by atoms with Crippen molar-refractivity contribution in [1.29, 1.82) is 0 Å². The predicted octanol–water partition coefficient (Wildman–Crippen LogP) is 1.43. The van der Waals surface area contributed by atoms with E-state index in [0.29, 0.717) is 12.0 Å². The molecule has 1 saturated heterocycles. The molecule has 0 saturated carbocycles. The second kappa shape index (κ2) is 5.44. The van der Waals surface area contributed by atoms with E-state index in [1.807, 2.05) is 24.9 Å². The number of rotatable bonds is 4. The summed E-state index contributed by atoms with van der Waals surface area (Å²) in [6, 6.07) is 2.54. The molecule has 2 rings (SSSR count). The maximum atomic E-state index is 5.73. The number of aromatic nitrogens is 2. The number of nitrogens with two attached hydrogens (primary N) is 1. The van der Waals surface area contributed by atoms with E-state index in [0.717, 1.165) is 23.9 Å². The van der Waals surface area contributed by atoms with E-state index in [1.54, 1.807) is 0 Å². The molecule has 0 bridgehead atoms. The smallest absolute Gasteiger partial charge is 0.223 e. The Morgan fingerprint density at radius 3 is 3.12 bits per heavy atom. The molecule has 0 aromatic carbocycles. The van der Waals surface area contributed by atoms with Gasteiger partial charge in [-0.3, -0.25) is 0 Å². The van der Waals surface area contributed by atoms with Crippen LogP contribution in [0, 0.1) is 0 Å². The zero-order chi connectivity index (χ0) is 12.3. The molecule has 1 aliphatic rings. The largest absolute Gasteiger partial charge is 0.373 e. The van der Waals surface area contributed by atoms with Gasteiger partial charge in [0.1, 0.15) is 11.6 Å². The molecule has 1 atom stereocenters. The Labute approximate surface area is 106 Å². The van der Waals surface area contributed by atoms with Gasteiger partial charge in [0.15, 0.2) is 0 Å². The molecule has 0 spiro atoms. The Bertz CT molecular complexity index is 384. The maximum Gasteiger partial charge on any atom is 0.223 e. The van der Waals surface area contributed by atoms with Crippen molar-refractivity contribution in [2.24, 2.45) is 0 Å². The molecule has 0 radical (unpaired) electrons. The Kier molecular flexibility index (Phi) is 3.93. The minimum absolute atomic E-state index is 0.335. The summed E-state index contributed by atoms with van der Waals surface area (Å²) in [6.07, 6.45) is 4.60. The van der Waals surface area contributed by atoms with Crippen LogP contribution in [-0.2, 0) is 0 Å². The SMILES string of the molecule is CNc1cc(N2CCCC2CSC)nc(N)n1. The van der Waals surface area contributed by atoms with Gasteiger partial charge in [-0.05, 0) is 19.1 Å². The van der Waals surface area contributed by atoms with Gasteiger partial charge < -0.3 is 16.0 Å². The van der Waals surface area contributed by atoms with E-state index in [-0.39, 0.29) is 0 Å². The van der Waals surface area contributed by atoms with Crippen molar-refractivity contribution < 1.29 is 0 Å². The van der Waals surface area contributed by atoms with Crippen LogP contribution in [0.15, 0.2) is 6.07 Å². The van der Waals surface area contributed by atoms with Gasteiger partial charge in [-0.15, -0.1) is 0 Å². The summed E-state index contributed by atoms with van der Waals surface area (Å²) in [5, 5.41) is 3.02. The Balaban J connectivity index is 2.23. The van der Waals surface area contributed by atoms with E-state index < -0.39 is 0 Å². The summed E-state index contributed by atoms with van der Waals surface area (Å²) in [7, 11) is 1.84. The fourth-order valence-electron chi connectivity index (χ4n) is 2.23. The Morgan fingerprint density at radius 1 is 1.59 bits per heavy atom. The van der Waals surface area contributed by atoms with Crippen molar-refractivity contribution >= 4 is 29.3 Å². The minimum Gasteiger partial charge on any atom is -0.373 e. The topological polar surface area (TPSA) is 67.1 Å². The highest BCUT2D eigenvalue weighted by atomic mass is 32.2. The standard InChI is InChI=1S/C11H19N5S/c1-13-9-6-10(15-11(12)14-9)16-5-3-4-8(16)7-17-2/h6,8H,3-5,7H2,1-2H3,(H3,12,13,14,15). The number of nitrogen functional groups attached to an aromatic ring is 1. The highest BCUT2D eigenvalue weighted by Gasteiger charge is 2.25. The summed E-state index contributed by atoms with van der Waals surface area (Å²) < 4.78 is 0. The van der Waals surface area contributed by atoms with Gasteiger partial charge in [0.25, 0.3) is 0 Å². The van der Waals surface area contributed by atoms with Crippen LogP contribution in [0.1, 0.15) is 12.8 Å². The van der Waals surface area contributed by atoms with Gasteiger partial charge in [-0.25, -0.2) is 0 Å². The molecule has 17 heavy (non-hydrogen) atoms. The Hall–Kier alpha value is -1.17. The third-order valence-electron chi connectivity index (χ3n) is 3.02. The zero-order valence-electron chi connectivity index (χ0n) is 10.3. The summed E-state index contributed by atoms with van der Waals surface area (Å²) in [5.41, 5.74) is 5.73. The molecule has 1 aromatic heterocycles. The zero-order valence-corrected chi connectivity index (χ0v) is 11.1. The molecule has 2 heterocycles. The fraction of sp³-hybridized carbons (Fsp3) is 0.636. The van der Waals surface area contributed by atoms with Crippen molar-refractivity contribution in [3.63, 3.8) is 0 Å². The number of nitrogens with one attached hydrogen (secondary N) is 1. The quantitative estimate of drug-likeness (QED) is 0.846. The number of anilines is 3. The number of thioether (sulfide) groups is 1. The second-order valence-electron chi connectivity index (χ2n) is 4.16. The van der Waals surface area contributed by atoms with Crippen molar-refractivity contribution in [1.82, 2.24) is 9.97 Å². The molecule has 1 aromatic rings. The number of hydrogen-bond donors (Lipinski definition) is 2. The first-order valence-electron chi connectivity index (χ1n) is 5.82. The van der Waals surface area contributed by atoms with Crippen molar-refractivity contribution in [3.8, 4) is 0 Å². The van der Waals surface area contributed by atoms with E-state index in [2.05, 4.69) is 26.4 Å². The van der Waals surface area contributed by atoms with Crippen LogP contribution in [0.3, 0.4) is 0 Å². The third kappa shape index (κ3) is 2.74. The monoisotopic (exact) mass is 253 g/mol. The van der Waals surface area contributed by atoms with Crippen LogP contribution < -0.4 is 16.0 Å². The molecule has 94 valence electrons. The number of nitrogens with zero attached hydrogens (tertiary/aromatic N) is 3. The van der Waals surface area contributed by atoms with E-state index >= 15 is 0 Å². The van der Waals surface area contributed by atoms with Gasteiger partial charge in [0.05, 0.1) is 0 Å².